The summed E-state index contributed by atoms with van der Waals surface area (Å²) in [5.74, 6) is 0.0959. The van der Waals surface area contributed by atoms with Crippen molar-refractivity contribution in [3.05, 3.63) is 63.5 Å². The maximum absolute atomic E-state index is 12.4. The third-order valence-electron chi connectivity index (χ3n) is 5.43. The van der Waals surface area contributed by atoms with E-state index in [4.69, 9.17) is 27.9 Å². The van der Waals surface area contributed by atoms with Crippen LogP contribution in [0.2, 0.25) is 10.0 Å². The summed E-state index contributed by atoms with van der Waals surface area (Å²) in [6.07, 6.45) is -0.0715. The number of halogens is 2. The normalized spacial score (nSPS) is 16.0. The smallest absolute Gasteiger partial charge is 0.230 e. The Kier molecular flexibility index (Phi) is 9.64. The number of benzene rings is 2. The lowest BCUT2D eigenvalue weighted by Crippen LogP contribution is -2.47. The number of thiazole rings is 1. The number of morpholine rings is 1. The molecule has 11 heteroatoms. The molecule has 0 saturated carbocycles. The predicted octanol–water partition coefficient (Wildman–Crippen LogP) is 5.18. The Morgan fingerprint density at radius 2 is 2.08 bits per heavy atom. The van der Waals surface area contributed by atoms with Gasteiger partial charge in [-0.25, -0.2) is 4.98 Å². The fourth-order valence-corrected chi connectivity index (χ4v) is 5.75. The number of rotatable bonds is 9. The Morgan fingerprint density at radius 3 is 2.89 bits per heavy atom. The zero-order valence-electron chi connectivity index (χ0n) is 19.6. The van der Waals surface area contributed by atoms with Crippen molar-refractivity contribution in [2.24, 2.45) is 0 Å². The molecule has 1 atom stereocenters. The molecule has 190 valence electrons. The summed E-state index contributed by atoms with van der Waals surface area (Å²) in [6.45, 7) is 4.84. The third-order valence-corrected chi connectivity index (χ3v) is 8.19. The first-order chi connectivity index (χ1) is 17.4. The van der Waals surface area contributed by atoms with Crippen molar-refractivity contribution in [1.29, 1.82) is 0 Å². The second-order valence-corrected chi connectivity index (χ2v) is 11.2. The van der Waals surface area contributed by atoms with Crippen LogP contribution in [0.1, 0.15) is 12.5 Å². The van der Waals surface area contributed by atoms with E-state index in [0.29, 0.717) is 23.2 Å². The van der Waals surface area contributed by atoms with Crippen molar-refractivity contribution >= 4 is 63.8 Å². The van der Waals surface area contributed by atoms with Crippen LogP contribution in [-0.4, -0.2) is 59.8 Å². The van der Waals surface area contributed by atoms with Crippen LogP contribution in [0.5, 0.6) is 0 Å². The van der Waals surface area contributed by atoms with Gasteiger partial charge in [-0.05, 0) is 29.8 Å². The van der Waals surface area contributed by atoms with E-state index in [1.165, 1.54) is 30.0 Å². The molecule has 1 aliphatic rings. The number of aromatic nitrogens is 1. The van der Waals surface area contributed by atoms with Gasteiger partial charge in [-0.15, -0.1) is 11.3 Å². The topological polar surface area (TPSA) is 83.6 Å². The first-order valence-corrected chi connectivity index (χ1v) is 14.0. The van der Waals surface area contributed by atoms with Crippen molar-refractivity contribution in [3.8, 4) is 11.3 Å². The second-order valence-electron chi connectivity index (χ2n) is 8.33. The summed E-state index contributed by atoms with van der Waals surface area (Å²) in [5.41, 5.74) is 3.54. The number of nitrogens with one attached hydrogen (secondary N) is 2. The number of ether oxygens (including phenoxy) is 1. The van der Waals surface area contributed by atoms with E-state index in [0.717, 1.165) is 46.5 Å². The molecular weight excluding hydrogens is 539 g/mol. The van der Waals surface area contributed by atoms with Crippen LogP contribution in [0.3, 0.4) is 0 Å². The van der Waals surface area contributed by atoms with Crippen LogP contribution in [0, 0.1) is 0 Å². The molecule has 7 nitrogen and oxygen atoms in total. The number of anilines is 1. The van der Waals surface area contributed by atoms with E-state index in [-0.39, 0.29) is 23.7 Å². The highest BCUT2D eigenvalue weighted by atomic mass is 35.5. The van der Waals surface area contributed by atoms with Crippen LogP contribution in [0.4, 0.5) is 5.69 Å². The SMILES string of the molecule is CC(=O)Nc1cccc(-c2csc(SCC(=O)NC[C@H]3CN(Cc4ccc(Cl)c(Cl)c4)CCO3)n2)c1. The largest absolute Gasteiger partial charge is 0.374 e. The molecule has 0 radical (unpaired) electrons. The summed E-state index contributed by atoms with van der Waals surface area (Å²) < 4.78 is 6.65. The van der Waals surface area contributed by atoms with E-state index < -0.39 is 0 Å². The number of amides is 2. The molecule has 0 unspecified atom stereocenters. The van der Waals surface area contributed by atoms with Gasteiger partial charge < -0.3 is 15.4 Å². The molecule has 2 amide bonds. The van der Waals surface area contributed by atoms with Crippen molar-refractivity contribution < 1.29 is 14.3 Å². The van der Waals surface area contributed by atoms with Gasteiger partial charge in [-0.1, -0.05) is 53.2 Å². The second kappa shape index (κ2) is 12.9. The fraction of sp³-hybridized carbons (Fsp3) is 0.320. The maximum Gasteiger partial charge on any atom is 0.230 e. The molecule has 36 heavy (non-hydrogen) atoms. The summed E-state index contributed by atoms with van der Waals surface area (Å²) in [5, 5.41) is 8.80. The van der Waals surface area contributed by atoms with Gasteiger partial charge in [0.2, 0.25) is 11.8 Å². The Hall–Kier alpha value is -2.14. The number of carbonyl (C=O) groups excluding carboxylic acids is 2. The van der Waals surface area contributed by atoms with E-state index in [1.54, 1.807) is 0 Å². The van der Waals surface area contributed by atoms with Gasteiger partial charge in [0.25, 0.3) is 0 Å². The van der Waals surface area contributed by atoms with Crippen molar-refractivity contribution in [2.45, 2.75) is 23.9 Å². The lowest BCUT2D eigenvalue weighted by Gasteiger charge is -2.33. The Balaban J connectivity index is 1.21. The molecule has 1 saturated heterocycles. The molecule has 0 spiro atoms. The minimum Gasteiger partial charge on any atom is -0.374 e. The van der Waals surface area contributed by atoms with Crippen LogP contribution in [-0.2, 0) is 20.9 Å². The number of nitrogens with zero attached hydrogens (tertiary/aromatic N) is 2. The minimum absolute atomic E-state index is 0.0605. The lowest BCUT2D eigenvalue weighted by molar-refractivity contribution is -0.119. The van der Waals surface area contributed by atoms with Gasteiger partial charge >= 0.3 is 0 Å². The van der Waals surface area contributed by atoms with Crippen LogP contribution >= 0.6 is 46.3 Å². The minimum atomic E-state index is -0.120. The monoisotopic (exact) mass is 564 g/mol. The zero-order chi connectivity index (χ0) is 25.5. The van der Waals surface area contributed by atoms with Crippen molar-refractivity contribution in [1.82, 2.24) is 15.2 Å². The first-order valence-electron chi connectivity index (χ1n) is 11.4. The molecule has 1 fully saturated rings. The molecule has 1 aromatic heterocycles. The number of hydrogen-bond acceptors (Lipinski definition) is 7. The van der Waals surface area contributed by atoms with Gasteiger partial charge in [0.05, 0.1) is 34.2 Å². The van der Waals surface area contributed by atoms with E-state index in [1.807, 2.05) is 47.8 Å². The van der Waals surface area contributed by atoms with Crippen LogP contribution < -0.4 is 10.6 Å². The van der Waals surface area contributed by atoms with E-state index in [9.17, 15) is 9.59 Å². The number of thioether (sulfide) groups is 1. The van der Waals surface area contributed by atoms with Crippen LogP contribution in [0.15, 0.2) is 52.2 Å². The highest BCUT2D eigenvalue weighted by molar-refractivity contribution is 8.01. The number of hydrogen-bond donors (Lipinski definition) is 2. The standard InChI is InChI=1S/C25H26Cl2N4O3S2/c1-16(32)29-19-4-2-3-18(10-19)23-14-35-25(30-23)36-15-24(33)28-11-20-13-31(7-8-34-20)12-17-5-6-21(26)22(27)9-17/h2-6,9-10,14,20H,7-8,11-13,15H2,1H3,(H,28,33)(H,29,32)/t20-/m0/s1. The molecule has 2 N–H and O–H groups in total. The highest BCUT2D eigenvalue weighted by Crippen LogP contribution is 2.29. The summed E-state index contributed by atoms with van der Waals surface area (Å²) in [6, 6.07) is 13.2. The average molecular weight is 566 g/mol. The molecule has 2 heterocycles. The molecule has 4 rings (SSSR count). The van der Waals surface area contributed by atoms with Gasteiger partial charge in [0, 0.05) is 49.7 Å². The zero-order valence-corrected chi connectivity index (χ0v) is 22.8. The predicted molar refractivity (Wildman–Crippen MR) is 147 cm³/mol. The Bertz CT molecular complexity index is 1220. The van der Waals surface area contributed by atoms with Gasteiger partial charge in [0.15, 0.2) is 4.34 Å². The summed E-state index contributed by atoms with van der Waals surface area (Å²) in [7, 11) is 0. The maximum atomic E-state index is 12.4. The quantitative estimate of drug-likeness (QED) is 0.348. The molecular formula is C25H26Cl2N4O3S2. The average Bonchev–Trinajstić information content (AvgIpc) is 3.33. The molecule has 2 aromatic carbocycles. The molecule has 0 bridgehead atoms. The van der Waals surface area contributed by atoms with E-state index >= 15 is 0 Å². The summed E-state index contributed by atoms with van der Waals surface area (Å²) >= 11 is 15.0. The Labute approximate surface area is 228 Å². The fourth-order valence-electron chi connectivity index (χ4n) is 3.77. The van der Waals surface area contributed by atoms with E-state index in [2.05, 4.69) is 20.5 Å². The Morgan fingerprint density at radius 1 is 1.22 bits per heavy atom. The number of carbonyl (C=O) groups is 2. The molecule has 0 aliphatic carbocycles. The van der Waals surface area contributed by atoms with Gasteiger partial charge in [-0.2, -0.15) is 0 Å². The van der Waals surface area contributed by atoms with Crippen LogP contribution in [0.25, 0.3) is 11.3 Å². The molecule has 1 aliphatic heterocycles. The lowest BCUT2D eigenvalue weighted by atomic mass is 10.1. The summed E-state index contributed by atoms with van der Waals surface area (Å²) in [4.78, 5) is 30.6. The van der Waals surface area contributed by atoms with Crippen molar-refractivity contribution in [2.75, 3.05) is 37.3 Å². The van der Waals surface area contributed by atoms with Gasteiger partial charge in [0.1, 0.15) is 0 Å². The molecule has 3 aromatic rings. The first kappa shape index (κ1) is 26.9. The third kappa shape index (κ3) is 7.93. The highest BCUT2D eigenvalue weighted by Gasteiger charge is 2.21. The van der Waals surface area contributed by atoms with Gasteiger partial charge in [-0.3, -0.25) is 14.5 Å². The van der Waals surface area contributed by atoms with Crippen molar-refractivity contribution in [3.63, 3.8) is 0 Å².